The van der Waals surface area contributed by atoms with E-state index in [2.05, 4.69) is 21.2 Å². The lowest BCUT2D eigenvalue weighted by atomic mass is 10.1. The zero-order valence-electron chi connectivity index (χ0n) is 11.2. The predicted octanol–water partition coefficient (Wildman–Crippen LogP) is 4.03. The molecule has 0 unspecified atom stereocenters. The summed E-state index contributed by atoms with van der Waals surface area (Å²) < 4.78 is 0.851. The Balaban J connectivity index is 1.76. The summed E-state index contributed by atoms with van der Waals surface area (Å²) in [7, 11) is 0. The molecule has 0 heterocycles. The van der Waals surface area contributed by atoms with Crippen molar-refractivity contribution >= 4 is 56.9 Å². The summed E-state index contributed by atoms with van der Waals surface area (Å²) in [6.07, 6.45) is 2.07. The van der Waals surface area contributed by atoms with Crippen molar-refractivity contribution < 1.29 is 14.7 Å². The van der Waals surface area contributed by atoms with Gasteiger partial charge in [-0.1, -0.05) is 27.5 Å². The number of anilines is 1. The van der Waals surface area contributed by atoms with Crippen LogP contribution in [0.2, 0.25) is 5.02 Å². The van der Waals surface area contributed by atoms with E-state index in [-0.39, 0.29) is 17.7 Å². The highest BCUT2D eigenvalue weighted by molar-refractivity contribution is 9.10. The molecule has 0 radical (unpaired) electrons. The molecule has 1 saturated carbocycles. The molecule has 1 aromatic carbocycles. The Morgan fingerprint density at radius 1 is 1.43 bits per heavy atom. The molecule has 114 valence electrons. The third-order valence-corrected chi connectivity index (χ3v) is 5.42. The summed E-state index contributed by atoms with van der Waals surface area (Å²) in [6, 6.07) is 5.26. The Kier molecular flexibility index (Phi) is 5.57. The smallest absolute Gasteiger partial charge is 0.303 e. The number of carboxylic acids is 1. The van der Waals surface area contributed by atoms with Gasteiger partial charge in [0.2, 0.25) is 5.91 Å². The summed E-state index contributed by atoms with van der Waals surface area (Å²) in [6.45, 7) is 0. The average molecular weight is 393 g/mol. The molecule has 0 aromatic heterocycles. The zero-order valence-corrected chi connectivity index (χ0v) is 14.4. The van der Waals surface area contributed by atoms with E-state index in [1.807, 2.05) is 0 Å². The van der Waals surface area contributed by atoms with E-state index in [9.17, 15) is 9.59 Å². The van der Waals surface area contributed by atoms with Crippen molar-refractivity contribution in [2.75, 3.05) is 16.8 Å². The van der Waals surface area contributed by atoms with Gasteiger partial charge in [-0.2, -0.15) is 11.8 Å². The summed E-state index contributed by atoms with van der Waals surface area (Å²) >= 11 is 10.8. The van der Waals surface area contributed by atoms with Crippen molar-refractivity contribution in [1.29, 1.82) is 0 Å². The maximum Gasteiger partial charge on any atom is 0.303 e. The summed E-state index contributed by atoms with van der Waals surface area (Å²) in [5, 5.41) is 12.1. The molecule has 1 aliphatic rings. The van der Waals surface area contributed by atoms with Gasteiger partial charge < -0.3 is 10.4 Å². The molecule has 21 heavy (non-hydrogen) atoms. The molecule has 0 saturated heterocycles. The van der Waals surface area contributed by atoms with Gasteiger partial charge in [-0.3, -0.25) is 9.59 Å². The number of hydrogen-bond acceptors (Lipinski definition) is 3. The number of benzene rings is 1. The Morgan fingerprint density at radius 3 is 2.71 bits per heavy atom. The van der Waals surface area contributed by atoms with Crippen molar-refractivity contribution in [2.24, 2.45) is 5.41 Å². The minimum atomic E-state index is -0.765. The fraction of sp³-hybridized carbons (Fsp3) is 0.429. The summed E-state index contributed by atoms with van der Waals surface area (Å²) in [5.41, 5.74) is 0.489. The lowest BCUT2D eigenvalue weighted by Gasteiger charge is -2.12. The number of amides is 1. The van der Waals surface area contributed by atoms with E-state index in [0.717, 1.165) is 17.3 Å². The average Bonchev–Trinajstić information content (AvgIpc) is 3.11. The van der Waals surface area contributed by atoms with E-state index in [4.69, 9.17) is 16.7 Å². The van der Waals surface area contributed by atoms with Crippen LogP contribution in [0.25, 0.3) is 0 Å². The molecule has 7 heteroatoms. The topological polar surface area (TPSA) is 66.4 Å². The molecule has 1 fully saturated rings. The SMILES string of the molecule is O=C(O)CC1(CSCC(=O)Nc2ccc(Br)cc2Cl)CC1. The molecule has 0 bridgehead atoms. The van der Waals surface area contributed by atoms with E-state index >= 15 is 0 Å². The second kappa shape index (κ2) is 7.03. The molecule has 0 atom stereocenters. The molecule has 1 aromatic rings. The molecule has 0 aliphatic heterocycles. The third-order valence-electron chi connectivity index (χ3n) is 3.33. The predicted molar refractivity (Wildman–Crippen MR) is 89.0 cm³/mol. The molecule has 4 nitrogen and oxygen atoms in total. The molecule has 2 rings (SSSR count). The number of nitrogens with one attached hydrogen (secondary N) is 1. The van der Waals surface area contributed by atoms with Gasteiger partial charge in [-0.25, -0.2) is 0 Å². The number of aliphatic carboxylic acids is 1. The molecule has 2 N–H and O–H groups in total. The third kappa shape index (κ3) is 5.20. The lowest BCUT2D eigenvalue weighted by molar-refractivity contribution is -0.138. The maximum atomic E-state index is 11.9. The van der Waals surface area contributed by atoms with E-state index in [0.29, 0.717) is 22.2 Å². The summed E-state index contributed by atoms with van der Waals surface area (Å²) in [4.78, 5) is 22.6. The van der Waals surface area contributed by atoms with Gasteiger partial charge in [0.1, 0.15) is 0 Å². The first-order chi connectivity index (χ1) is 9.90. The monoisotopic (exact) mass is 391 g/mol. The van der Waals surface area contributed by atoms with Crippen LogP contribution in [0.5, 0.6) is 0 Å². The molecule has 1 aliphatic carbocycles. The van der Waals surface area contributed by atoms with Crippen LogP contribution in [-0.2, 0) is 9.59 Å². The van der Waals surface area contributed by atoms with Gasteiger partial charge in [0.25, 0.3) is 0 Å². The first-order valence-electron chi connectivity index (χ1n) is 6.45. The van der Waals surface area contributed by atoms with E-state index in [1.165, 1.54) is 11.8 Å². The quantitative estimate of drug-likeness (QED) is 0.735. The zero-order chi connectivity index (χ0) is 15.5. The van der Waals surface area contributed by atoms with Crippen LogP contribution in [-0.4, -0.2) is 28.5 Å². The Bertz CT molecular complexity index is 563. The van der Waals surface area contributed by atoms with Crippen LogP contribution in [0.1, 0.15) is 19.3 Å². The van der Waals surface area contributed by atoms with Crippen LogP contribution in [0, 0.1) is 5.41 Å². The van der Waals surface area contributed by atoms with Crippen molar-refractivity contribution in [3.8, 4) is 0 Å². The normalized spacial score (nSPS) is 15.5. The van der Waals surface area contributed by atoms with Gasteiger partial charge >= 0.3 is 5.97 Å². The highest BCUT2D eigenvalue weighted by atomic mass is 79.9. The number of hydrogen-bond donors (Lipinski definition) is 2. The van der Waals surface area contributed by atoms with E-state index in [1.54, 1.807) is 18.2 Å². The second-order valence-electron chi connectivity index (χ2n) is 5.24. The van der Waals surface area contributed by atoms with Crippen molar-refractivity contribution in [3.05, 3.63) is 27.7 Å². The van der Waals surface area contributed by atoms with Gasteiger partial charge in [0.05, 0.1) is 22.9 Å². The Hall–Kier alpha value is -0.720. The molecular formula is C14H15BrClNO3S. The van der Waals surface area contributed by atoms with Crippen LogP contribution < -0.4 is 5.32 Å². The molecular weight excluding hydrogens is 378 g/mol. The largest absolute Gasteiger partial charge is 0.481 e. The fourth-order valence-electron chi connectivity index (χ4n) is 2.01. The van der Waals surface area contributed by atoms with Crippen LogP contribution in [0.3, 0.4) is 0 Å². The molecule has 1 amide bonds. The highest BCUT2D eigenvalue weighted by Gasteiger charge is 2.44. The number of carbonyl (C=O) groups is 2. The number of halogens is 2. The summed E-state index contributed by atoms with van der Waals surface area (Å²) in [5.74, 6) is 0.115. The number of carbonyl (C=O) groups excluding carboxylic acids is 1. The number of carboxylic acid groups (broad SMARTS) is 1. The number of thioether (sulfide) groups is 1. The minimum absolute atomic E-state index is 0.0912. The van der Waals surface area contributed by atoms with Gasteiger partial charge in [-0.15, -0.1) is 0 Å². The van der Waals surface area contributed by atoms with Crippen molar-refractivity contribution in [2.45, 2.75) is 19.3 Å². The van der Waals surface area contributed by atoms with Gasteiger partial charge in [0.15, 0.2) is 0 Å². The minimum Gasteiger partial charge on any atom is -0.481 e. The Morgan fingerprint density at radius 2 is 2.14 bits per heavy atom. The van der Waals surface area contributed by atoms with Crippen LogP contribution in [0.15, 0.2) is 22.7 Å². The second-order valence-corrected chi connectivity index (χ2v) is 7.54. The lowest BCUT2D eigenvalue weighted by Crippen LogP contribution is -2.17. The highest BCUT2D eigenvalue weighted by Crippen LogP contribution is 2.50. The van der Waals surface area contributed by atoms with E-state index < -0.39 is 5.97 Å². The number of rotatable bonds is 7. The van der Waals surface area contributed by atoms with Crippen LogP contribution in [0.4, 0.5) is 5.69 Å². The first kappa shape index (κ1) is 16.6. The Labute approximate surface area is 140 Å². The maximum absolute atomic E-state index is 11.9. The first-order valence-corrected chi connectivity index (χ1v) is 8.77. The van der Waals surface area contributed by atoms with Gasteiger partial charge in [0, 0.05) is 4.47 Å². The standard InChI is InChI=1S/C14H15BrClNO3S/c15-9-1-2-11(10(16)5-9)17-12(18)7-21-8-14(3-4-14)6-13(19)20/h1-2,5H,3-4,6-8H2,(H,17,18)(H,19,20). The van der Waals surface area contributed by atoms with Crippen molar-refractivity contribution in [3.63, 3.8) is 0 Å². The molecule has 0 spiro atoms. The fourth-order valence-corrected chi connectivity index (χ4v) is 3.91. The van der Waals surface area contributed by atoms with Gasteiger partial charge in [-0.05, 0) is 42.2 Å². The van der Waals surface area contributed by atoms with Crippen molar-refractivity contribution in [1.82, 2.24) is 0 Å². The van der Waals surface area contributed by atoms with Crippen LogP contribution >= 0.6 is 39.3 Å².